The number of hydrogen-bond donors (Lipinski definition) is 1. The summed E-state index contributed by atoms with van der Waals surface area (Å²) in [6, 6.07) is 15.1. The summed E-state index contributed by atoms with van der Waals surface area (Å²) in [6.45, 7) is -0.309. The number of thiazole rings is 1. The average molecular weight is 517 g/mol. The number of fused-ring (bicyclic) bond motifs is 6. The van der Waals surface area contributed by atoms with Crippen LogP contribution in [0.25, 0.3) is 0 Å². The van der Waals surface area contributed by atoms with Crippen molar-refractivity contribution in [2.75, 3.05) is 5.32 Å². The fraction of sp³-hybridized carbons (Fsp3) is 0.385. The van der Waals surface area contributed by atoms with Gasteiger partial charge in [0.1, 0.15) is 6.54 Å². The molecule has 0 saturated heterocycles. The Morgan fingerprint density at radius 3 is 2.51 bits per heavy atom. The zero-order chi connectivity index (χ0) is 24.3. The number of amides is 1. The van der Waals surface area contributed by atoms with Crippen LogP contribution in [0, 0.1) is 17.8 Å². The van der Waals surface area contributed by atoms with Crippen molar-refractivity contribution in [3.8, 4) is 0 Å². The summed E-state index contributed by atoms with van der Waals surface area (Å²) in [5.41, 5.74) is -0.0185. The van der Waals surface area contributed by atoms with E-state index in [9.17, 15) is 22.8 Å². The minimum atomic E-state index is -4.59. The Morgan fingerprint density at radius 2 is 1.74 bits per heavy atom. The highest BCUT2D eigenvalue weighted by Crippen LogP contribution is 2.64. The highest BCUT2D eigenvalue weighted by molar-refractivity contribution is 8.00. The fourth-order valence-corrected chi connectivity index (χ4v) is 9.44. The summed E-state index contributed by atoms with van der Waals surface area (Å²) in [7, 11) is 0. The van der Waals surface area contributed by atoms with E-state index in [0.717, 1.165) is 16.0 Å². The number of nitrogens with zero attached hydrogens (tertiary/aromatic N) is 1. The van der Waals surface area contributed by atoms with Gasteiger partial charge in [-0.3, -0.25) is 14.2 Å². The summed E-state index contributed by atoms with van der Waals surface area (Å²) < 4.78 is 41.5. The molecule has 5 atom stereocenters. The number of rotatable bonds is 4. The lowest BCUT2D eigenvalue weighted by Gasteiger charge is -2.40. The van der Waals surface area contributed by atoms with E-state index in [1.54, 1.807) is 11.8 Å². The fourth-order valence-electron chi connectivity index (χ4n) is 6.29. The molecule has 2 bridgehead atoms. The Labute approximate surface area is 208 Å². The van der Waals surface area contributed by atoms with E-state index in [4.69, 9.17) is 0 Å². The number of anilines is 1. The van der Waals surface area contributed by atoms with E-state index >= 15 is 0 Å². The van der Waals surface area contributed by atoms with Crippen LogP contribution in [0.4, 0.5) is 18.9 Å². The Bertz CT molecular complexity index is 1330. The number of aromatic nitrogens is 1. The lowest BCUT2D eigenvalue weighted by Crippen LogP contribution is -2.34. The molecular weight excluding hydrogens is 493 g/mol. The molecule has 1 aromatic heterocycles. The second-order valence-electron chi connectivity index (χ2n) is 9.60. The number of benzene rings is 2. The molecule has 2 aliphatic carbocycles. The molecule has 2 aromatic carbocycles. The molecular formula is C26H23F3N2O2S2. The monoisotopic (exact) mass is 516 g/mol. The first-order valence-electron chi connectivity index (χ1n) is 11.7. The molecule has 2 heterocycles. The van der Waals surface area contributed by atoms with Gasteiger partial charge in [-0.2, -0.15) is 13.2 Å². The maximum atomic E-state index is 13.4. The summed E-state index contributed by atoms with van der Waals surface area (Å²) in [5, 5.41) is 3.58. The molecule has 0 spiro atoms. The molecule has 9 heteroatoms. The number of halogens is 3. The van der Waals surface area contributed by atoms with Gasteiger partial charge in [-0.05, 0) is 54.7 Å². The van der Waals surface area contributed by atoms with Gasteiger partial charge < -0.3 is 5.32 Å². The van der Waals surface area contributed by atoms with E-state index < -0.39 is 17.6 Å². The largest absolute Gasteiger partial charge is 0.418 e. The maximum absolute atomic E-state index is 13.4. The molecule has 4 unspecified atom stereocenters. The SMILES string of the molecule is O=C(Cn1c2c(sc1=O)[C@@H](c1ccccc1)C1C3CCC(C3)C1S2)Nc1ccccc1C(F)(F)F. The number of alkyl halides is 3. The van der Waals surface area contributed by atoms with Gasteiger partial charge in [0.05, 0.1) is 16.3 Å². The lowest BCUT2D eigenvalue weighted by atomic mass is 9.75. The average Bonchev–Trinajstić information content (AvgIpc) is 3.52. The van der Waals surface area contributed by atoms with Crippen LogP contribution in [-0.4, -0.2) is 15.7 Å². The third-order valence-electron chi connectivity index (χ3n) is 7.66. The molecule has 3 aliphatic rings. The molecule has 35 heavy (non-hydrogen) atoms. The van der Waals surface area contributed by atoms with Crippen molar-refractivity contribution in [1.82, 2.24) is 4.57 Å². The van der Waals surface area contributed by atoms with Crippen LogP contribution < -0.4 is 10.2 Å². The van der Waals surface area contributed by atoms with Crippen molar-refractivity contribution < 1.29 is 18.0 Å². The van der Waals surface area contributed by atoms with Gasteiger partial charge in [-0.1, -0.05) is 53.8 Å². The zero-order valence-electron chi connectivity index (χ0n) is 18.6. The highest BCUT2D eigenvalue weighted by atomic mass is 32.2. The number of para-hydroxylation sites is 1. The van der Waals surface area contributed by atoms with Crippen molar-refractivity contribution in [3.63, 3.8) is 0 Å². The molecule has 6 rings (SSSR count). The van der Waals surface area contributed by atoms with Crippen molar-refractivity contribution in [1.29, 1.82) is 0 Å². The normalized spacial score (nSPS) is 26.9. The molecule has 182 valence electrons. The number of carbonyl (C=O) groups is 1. The molecule has 1 N–H and O–H groups in total. The second kappa shape index (κ2) is 8.55. The quantitative estimate of drug-likeness (QED) is 0.448. The topological polar surface area (TPSA) is 51.1 Å². The standard InChI is InChI=1S/C26H23F3N2O2S2/c27-26(28,29)17-8-4-5-9-18(17)30-19(32)13-31-24-23(35-25(31)33)20(14-6-2-1-3-7-14)21-15-10-11-16(12-15)22(21)34-24/h1-9,15-16,20-22H,10-13H2,(H,30,32)/t15?,16?,20-,21?,22?/m0/s1. The number of hydrogen-bond acceptors (Lipinski definition) is 4. The Balaban J connectivity index is 1.34. The first-order valence-corrected chi connectivity index (χ1v) is 13.4. The predicted octanol–water partition coefficient (Wildman–Crippen LogP) is 6.22. The highest BCUT2D eigenvalue weighted by Gasteiger charge is 2.55. The predicted molar refractivity (Wildman–Crippen MR) is 131 cm³/mol. The molecule has 2 saturated carbocycles. The van der Waals surface area contributed by atoms with Gasteiger partial charge in [0.15, 0.2) is 0 Å². The molecule has 1 amide bonds. The third-order valence-corrected chi connectivity index (χ3v) is 10.5. The third kappa shape index (κ3) is 3.93. The van der Waals surface area contributed by atoms with Crippen LogP contribution in [0.1, 0.15) is 41.2 Å². The Hall–Kier alpha value is -2.52. The second-order valence-corrected chi connectivity index (χ2v) is 11.8. The molecule has 0 radical (unpaired) electrons. The minimum absolute atomic E-state index is 0.112. The molecule has 2 fully saturated rings. The smallest absolute Gasteiger partial charge is 0.324 e. The van der Waals surface area contributed by atoms with Gasteiger partial charge in [-0.15, -0.1) is 11.8 Å². The molecule has 3 aromatic rings. The van der Waals surface area contributed by atoms with Crippen molar-refractivity contribution in [3.05, 3.63) is 80.3 Å². The zero-order valence-corrected chi connectivity index (χ0v) is 20.3. The van der Waals surface area contributed by atoms with Crippen LogP contribution in [0.15, 0.2) is 64.4 Å². The van der Waals surface area contributed by atoms with E-state index in [2.05, 4.69) is 17.4 Å². The Kier molecular flexibility index (Phi) is 5.60. The van der Waals surface area contributed by atoms with Crippen LogP contribution in [0.3, 0.4) is 0 Å². The van der Waals surface area contributed by atoms with Crippen molar-refractivity contribution in [2.24, 2.45) is 17.8 Å². The van der Waals surface area contributed by atoms with Gasteiger partial charge in [0, 0.05) is 16.0 Å². The van der Waals surface area contributed by atoms with Gasteiger partial charge in [0.2, 0.25) is 5.91 Å². The maximum Gasteiger partial charge on any atom is 0.418 e. The van der Waals surface area contributed by atoms with E-state index in [0.29, 0.717) is 23.0 Å². The number of thioether (sulfide) groups is 1. The first-order chi connectivity index (χ1) is 16.8. The minimum Gasteiger partial charge on any atom is -0.324 e. The Morgan fingerprint density at radius 1 is 1.03 bits per heavy atom. The molecule has 4 nitrogen and oxygen atoms in total. The van der Waals surface area contributed by atoms with E-state index in [-0.39, 0.29) is 23.0 Å². The van der Waals surface area contributed by atoms with E-state index in [1.165, 1.54) is 58.9 Å². The van der Waals surface area contributed by atoms with E-state index in [1.807, 2.05) is 18.2 Å². The van der Waals surface area contributed by atoms with Crippen LogP contribution in [0.2, 0.25) is 0 Å². The van der Waals surface area contributed by atoms with Gasteiger partial charge >= 0.3 is 11.0 Å². The van der Waals surface area contributed by atoms with Crippen LogP contribution in [-0.2, 0) is 17.5 Å². The van der Waals surface area contributed by atoms with Crippen LogP contribution >= 0.6 is 23.1 Å². The van der Waals surface area contributed by atoms with Crippen molar-refractivity contribution in [2.45, 2.75) is 48.2 Å². The van der Waals surface area contributed by atoms with Gasteiger partial charge in [0.25, 0.3) is 0 Å². The molecule has 1 aliphatic heterocycles. The number of carbonyl (C=O) groups excluding carboxylic acids is 1. The number of nitrogens with one attached hydrogen (secondary N) is 1. The van der Waals surface area contributed by atoms with Crippen molar-refractivity contribution >= 4 is 34.7 Å². The first kappa shape index (κ1) is 22.9. The summed E-state index contributed by atoms with van der Waals surface area (Å²) >= 11 is 2.88. The summed E-state index contributed by atoms with van der Waals surface area (Å²) in [4.78, 5) is 26.7. The van der Waals surface area contributed by atoms with Crippen LogP contribution in [0.5, 0.6) is 0 Å². The summed E-state index contributed by atoms with van der Waals surface area (Å²) in [5.74, 6) is 1.18. The van der Waals surface area contributed by atoms with Gasteiger partial charge in [-0.25, -0.2) is 0 Å². The lowest BCUT2D eigenvalue weighted by molar-refractivity contribution is -0.137. The summed E-state index contributed by atoms with van der Waals surface area (Å²) in [6.07, 6.45) is -0.961.